The van der Waals surface area contributed by atoms with E-state index in [2.05, 4.69) is 31.7 Å². The van der Waals surface area contributed by atoms with E-state index in [0.717, 1.165) is 60.2 Å². The Morgan fingerprint density at radius 3 is 2.38 bits per heavy atom. The topological polar surface area (TPSA) is 183 Å². The number of benzene rings is 3. The van der Waals surface area contributed by atoms with Gasteiger partial charge in [-0.1, -0.05) is 24.3 Å². The molecule has 3 fully saturated rings. The van der Waals surface area contributed by atoms with Gasteiger partial charge in [-0.2, -0.15) is 5.10 Å². The highest BCUT2D eigenvalue weighted by molar-refractivity contribution is 6.12. The maximum absolute atomic E-state index is 15.3. The first-order valence-corrected chi connectivity index (χ1v) is 22.2. The molecule has 0 bridgehead atoms. The largest absolute Gasteiger partial charge is 0.350 e. The molecular weight excluding hydrogens is 846 g/mol. The summed E-state index contributed by atoms with van der Waals surface area (Å²) < 4.78 is 23.1. The molecule has 3 aliphatic rings. The van der Waals surface area contributed by atoms with Crippen LogP contribution in [0.1, 0.15) is 71.0 Å². The van der Waals surface area contributed by atoms with Gasteiger partial charge in [-0.05, 0) is 105 Å². The van der Waals surface area contributed by atoms with E-state index in [1.165, 1.54) is 38.3 Å². The Balaban J connectivity index is 0.771. The van der Waals surface area contributed by atoms with Crippen molar-refractivity contribution in [1.29, 1.82) is 0 Å². The zero-order valence-corrected chi connectivity index (χ0v) is 36.7. The predicted molar refractivity (Wildman–Crippen MR) is 244 cm³/mol. The number of carbonyl (C=O) groups excluding carboxylic acids is 4. The lowest BCUT2D eigenvalue weighted by Crippen LogP contribution is -2.54. The van der Waals surface area contributed by atoms with E-state index >= 15 is 4.39 Å². The molecule has 7 heterocycles. The average Bonchev–Trinajstić information content (AvgIpc) is 3.94. The van der Waals surface area contributed by atoms with Crippen molar-refractivity contribution in [3.8, 4) is 16.9 Å². The van der Waals surface area contributed by atoms with Gasteiger partial charge in [0.25, 0.3) is 11.8 Å². The van der Waals surface area contributed by atoms with Gasteiger partial charge < -0.3 is 19.7 Å². The lowest BCUT2D eigenvalue weighted by Gasteiger charge is -2.43. The van der Waals surface area contributed by atoms with Crippen LogP contribution >= 0.6 is 0 Å². The van der Waals surface area contributed by atoms with Crippen LogP contribution in [-0.2, 0) is 30.2 Å². The Bertz CT molecular complexity index is 3220. The van der Waals surface area contributed by atoms with Crippen molar-refractivity contribution in [2.45, 2.75) is 51.1 Å². The number of imide groups is 1. The van der Waals surface area contributed by atoms with Gasteiger partial charge >= 0.3 is 11.4 Å². The minimum atomic E-state index is -0.739. The van der Waals surface area contributed by atoms with Crippen molar-refractivity contribution in [1.82, 2.24) is 48.1 Å². The molecule has 10 rings (SSSR count). The number of aromatic nitrogens is 7. The molecule has 338 valence electrons. The summed E-state index contributed by atoms with van der Waals surface area (Å²) in [5, 5.41) is 10.1. The summed E-state index contributed by atoms with van der Waals surface area (Å²) in [5.74, 6) is -1.97. The van der Waals surface area contributed by atoms with Crippen molar-refractivity contribution in [2.75, 3.05) is 38.0 Å². The first-order chi connectivity index (χ1) is 31.9. The van der Waals surface area contributed by atoms with Crippen LogP contribution < -0.4 is 22.0 Å². The van der Waals surface area contributed by atoms with Gasteiger partial charge in [0.2, 0.25) is 11.8 Å². The Morgan fingerprint density at radius 1 is 0.894 bits per heavy atom. The summed E-state index contributed by atoms with van der Waals surface area (Å²) in [5.41, 5.74) is 5.38. The minimum absolute atomic E-state index is 0.121. The number of rotatable bonds is 10. The van der Waals surface area contributed by atoms with Crippen LogP contribution in [0.5, 0.6) is 0 Å². The van der Waals surface area contributed by atoms with Crippen molar-refractivity contribution in [2.24, 2.45) is 20.0 Å². The average molecular weight is 894 g/mol. The number of piperidine rings is 2. The molecule has 0 spiro atoms. The van der Waals surface area contributed by atoms with Gasteiger partial charge in [0.05, 0.1) is 27.8 Å². The van der Waals surface area contributed by atoms with Crippen LogP contribution in [0.3, 0.4) is 0 Å². The number of hydrogen-bond donors (Lipinski definition) is 2. The second-order valence-corrected chi connectivity index (χ2v) is 17.5. The summed E-state index contributed by atoms with van der Waals surface area (Å²) in [4.78, 5) is 86.5. The van der Waals surface area contributed by atoms with Gasteiger partial charge in [0.15, 0.2) is 5.69 Å². The highest BCUT2D eigenvalue weighted by atomic mass is 19.1. The number of halogens is 1. The maximum Gasteiger partial charge on any atom is 0.350 e. The SMILES string of the molecule is CCn1c(-c2ccc(-n3cnn(C)c3=O)cc2)cc2ccnc(C(=O)Nc3ccc(F)c(C(=O)N4CC(CN5CCC(c6cccc7c6n(C)c(=O)n7C6CCC(=O)NC6=O)CC5)C4)c3)c21. The molecule has 4 amide bonds. The van der Waals surface area contributed by atoms with Gasteiger partial charge in [-0.25, -0.2) is 28.2 Å². The fourth-order valence-corrected chi connectivity index (χ4v) is 10.1. The van der Waals surface area contributed by atoms with Crippen LogP contribution in [-0.4, -0.2) is 99.2 Å². The second kappa shape index (κ2) is 16.8. The normalized spacial score (nSPS) is 17.4. The highest BCUT2D eigenvalue weighted by Gasteiger charge is 2.36. The molecule has 2 N–H and O–H groups in total. The number of para-hydroxylation sites is 1. The molecule has 0 aliphatic carbocycles. The van der Waals surface area contributed by atoms with Gasteiger partial charge in [-0.15, -0.1) is 0 Å². The number of pyridine rings is 1. The molecule has 1 atom stereocenters. The van der Waals surface area contributed by atoms with Crippen molar-refractivity contribution in [3.05, 3.63) is 129 Å². The molecule has 17 nitrogen and oxygen atoms in total. The first kappa shape index (κ1) is 42.5. The Labute approximate surface area is 377 Å². The van der Waals surface area contributed by atoms with Crippen molar-refractivity contribution in [3.63, 3.8) is 0 Å². The zero-order valence-electron chi connectivity index (χ0n) is 36.7. The molecule has 3 aliphatic heterocycles. The van der Waals surface area contributed by atoms with Crippen LogP contribution in [0, 0.1) is 11.7 Å². The Morgan fingerprint density at radius 2 is 1.67 bits per heavy atom. The summed E-state index contributed by atoms with van der Waals surface area (Å²) in [6.07, 6.45) is 5.24. The Hall–Kier alpha value is -7.47. The van der Waals surface area contributed by atoms with Gasteiger partial charge in [-0.3, -0.25) is 33.6 Å². The van der Waals surface area contributed by atoms with E-state index < -0.39 is 29.6 Å². The van der Waals surface area contributed by atoms with E-state index in [4.69, 9.17) is 0 Å². The number of nitrogens with zero attached hydrogens (tertiary/aromatic N) is 9. The third-order valence-corrected chi connectivity index (χ3v) is 13.5. The van der Waals surface area contributed by atoms with Crippen LogP contribution in [0.15, 0.2) is 94.9 Å². The molecule has 0 radical (unpaired) electrons. The predicted octanol–water partition coefficient (Wildman–Crippen LogP) is 4.58. The molecular formula is C48H48FN11O6. The smallest absolute Gasteiger partial charge is 0.339 e. The number of carbonyl (C=O) groups is 4. The van der Waals surface area contributed by atoms with Crippen LogP contribution in [0.2, 0.25) is 0 Å². The summed E-state index contributed by atoms with van der Waals surface area (Å²) in [6.45, 7) is 5.93. The number of nitrogens with one attached hydrogen (secondary N) is 2. The van der Waals surface area contributed by atoms with E-state index in [0.29, 0.717) is 36.4 Å². The number of anilines is 1. The molecule has 7 aromatic rings. The Kier molecular flexibility index (Phi) is 10.8. The number of likely N-dealkylation sites (tertiary alicyclic amines) is 2. The van der Waals surface area contributed by atoms with E-state index in [1.807, 2.05) is 60.0 Å². The molecule has 3 saturated heterocycles. The fourth-order valence-electron chi connectivity index (χ4n) is 10.1. The zero-order chi connectivity index (χ0) is 46.0. The van der Waals surface area contributed by atoms with E-state index in [9.17, 15) is 28.8 Å². The highest BCUT2D eigenvalue weighted by Crippen LogP contribution is 2.36. The van der Waals surface area contributed by atoms with E-state index in [1.54, 1.807) is 29.8 Å². The molecule has 4 aromatic heterocycles. The molecule has 18 heteroatoms. The molecule has 0 saturated carbocycles. The summed E-state index contributed by atoms with van der Waals surface area (Å²) in [7, 11) is 3.32. The standard InChI is InChI=1S/C48H48FN11O6/c1-4-58-39(30-8-11-33(12-9-30)59-27-51-55(3)48(59)66)22-31-16-19-50-41(42(31)58)45(63)52-32-10-13-36(49)35(23-32)46(64)57-25-28(26-57)24-56-20-17-29(18-21-56)34-6-5-7-37-43(34)54(2)47(65)60(37)38-14-15-40(61)53-44(38)62/h5-13,16,19,22-23,27-29,38H,4,14-15,17-18,20-21,24-26H2,1-3H3,(H,52,63)(H,53,61,62). The lowest BCUT2D eigenvalue weighted by molar-refractivity contribution is -0.135. The number of imidazole rings is 1. The van der Waals surface area contributed by atoms with Crippen LogP contribution in [0.25, 0.3) is 38.9 Å². The van der Waals surface area contributed by atoms with Crippen LogP contribution in [0.4, 0.5) is 10.1 Å². The first-order valence-electron chi connectivity index (χ1n) is 22.2. The maximum atomic E-state index is 15.3. The summed E-state index contributed by atoms with van der Waals surface area (Å²) in [6, 6.07) is 20.4. The number of aryl methyl sites for hydroxylation is 3. The van der Waals surface area contributed by atoms with Crippen molar-refractivity contribution < 1.29 is 23.6 Å². The fraction of sp³-hybridized carbons (Fsp3) is 0.333. The monoisotopic (exact) mass is 893 g/mol. The second-order valence-electron chi connectivity index (χ2n) is 17.5. The van der Waals surface area contributed by atoms with Gasteiger partial charge in [0, 0.05) is 75.6 Å². The number of hydrogen-bond acceptors (Lipinski definition) is 9. The molecule has 3 aromatic carbocycles. The summed E-state index contributed by atoms with van der Waals surface area (Å²) >= 11 is 0. The molecule has 1 unspecified atom stereocenters. The van der Waals surface area contributed by atoms with Crippen molar-refractivity contribution >= 4 is 51.3 Å². The minimum Gasteiger partial charge on any atom is -0.339 e. The quantitative estimate of drug-likeness (QED) is 0.186. The third-order valence-electron chi connectivity index (χ3n) is 13.5. The number of fused-ring (bicyclic) bond motifs is 2. The number of amides is 4. The molecule has 66 heavy (non-hydrogen) atoms. The van der Waals surface area contributed by atoms with Gasteiger partial charge in [0.1, 0.15) is 18.2 Å². The van der Waals surface area contributed by atoms with E-state index in [-0.39, 0.29) is 58.9 Å². The lowest BCUT2D eigenvalue weighted by atomic mass is 9.87. The third kappa shape index (κ3) is 7.40.